The Balaban J connectivity index is 2.61. The van der Waals surface area contributed by atoms with Crippen molar-refractivity contribution in [2.24, 2.45) is 5.41 Å². The van der Waals surface area contributed by atoms with E-state index in [4.69, 9.17) is 4.74 Å². The molecule has 0 aliphatic heterocycles. The van der Waals surface area contributed by atoms with Gasteiger partial charge in [-0.2, -0.15) is 0 Å². The molecule has 2 nitrogen and oxygen atoms in total. The van der Waals surface area contributed by atoms with Crippen LogP contribution in [0, 0.1) is 5.41 Å². The van der Waals surface area contributed by atoms with Crippen LogP contribution in [-0.2, 0) is 6.42 Å². The van der Waals surface area contributed by atoms with Gasteiger partial charge >= 0.3 is 0 Å². The van der Waals surface area contributed by atoms with Gasteiger partial charge in [-0.1, -0.05) is 19.9 Å². The van der Waals surface area contributed by atoms with Gasteiger partial charge in [-0.15, -0.1) is 0 Å². The summed E-state index contributed by atoms with van der Waals surface area (Å²) in [5, 5.41) is 3.25. The van der Waals surface area contributed by atoms with E-state index >= 15 is 0 Å². The first-order chi connectivity index (χ1) is 8.48. The number of aryl methyl sites for hydroxylation is 1. The minimum Gasteiger partial charge on any atom is -0.493 e. The van der Waals surface area contributed by atoms with Crippen molar-refractivity contribution in [3.63, 3.8) is 0 Å². The lowest BCUT2D eigenvalue weighted by Crippen LogP contribution is -2.27. The molecule has 0 spiro atoms. The molecule has 0 fully saturated rings. The largest absolute Gasteiger partial charge is 0.493 e. The average Bonchev–Trinajstić information content (AvgIpc) is 2.30. The smallest absolute Gasteiger partial charge is 0.133 e. The van der Waals surface area contributed by atoms with Crippen LogP contribution in [0.4, 0.5) is 0 Å². The van der Waals surface area contributed by atoms with Crippen LogP contribution in [0.2, 0.25) is 0 Å². The van der Waals surface area contributed by atoms with Gasteiger partial charge in [0, 0.05) is 0 Å². The van der Waals surface area contributed by atoms with Crippen LogP contribution in [0.3, 0.4) is 0 Å². The molecule has 1 N–H and O–H groups in total. The third-order valence-electron chi connectivity index (χ3n) is 3.04. The molecule has 0 saturated heterocycles. The lowest BCUT2D eigenvalue weighted by molar-refractivity contribution is 0.324. The van der Waals surface area contributed by atoms with Gasteiger partial charge in [-0.3, -0.25) is 0 Å². The van der Waals surface area contributed by atoms with E-state index in [2.05, 4.69) is 47.2 Å². The number of halogens is 1. The third-order valence-corrected chi connectivity index (χ3v) is 3.66. The molecule has 0 aromatic heterocycles. The van der Waals surface area contributed by atoms with E-state index in [1.807, 2.05) is 20.0 Å². The van der Waals surface area contributed by atoms with Crippen molar-refractivity contribution in [1.82, 2.24) is 5.32 Å². The maximum Gasteiger partial charge on any atom is 0.133 e. The second-order valence-electron chi connectivity index (χ2n) is 5.39. The number of ether oxygens (including phenoxy) is 1. The number of hydrogen-bond donors (Lipinski definition) is 1. The summed E-state index contributed by atoms with van der Waals surface area (Å²) < 4.78 is 6.57. The summed E-state index contributed by atoms with van der Waals surface area (Å²) in [6.45, 7) is 8.35. The van der Waals surface area contributed by atoms with E-state index in [-0.39, 0.29) is 0 Å². The van der Waals surface area contributed by atoms with Gasteiger partial charge in [0.25, 0.3) is 0 Å². The summed E-state index contributed by atoms with van der Waals surface area (Å²) >= 11 is 3.56. The second-order valence-corrected chi connectivity index (χ2v) is 6.25. The van der Waals surface area contributed by atoms with Gasteiger partial charge in [0.1, 0.15) is 5.75 Å². The van der Waals surface area contributed by atoms with Gasteiger partial charge in [0.2, 0.25) is 0 Å². The molecule has 0 amide bonds. The monoisotopic (exact) mass is 313 g/mol. The Morgan fingerprint density at radius 2 is 2.06 bits per heavy atom. The first-order valence-corrected chi connectivity index (χ1v) is 7.33. The molecular weight excluding hydrogens is 290 g/mol. The Hall–Kier alpha value is -0.540. The summed E-state index contributed by atoms with van der Waals surface area (Å²) in [7, 11) is 2.01. The van der Waals surface area contributed by atoms with Gasteiger partial charge in [0.05, 0.1) is 11.1 Å². The Kier molecular flexibility index (Phi) is 6.16. The number of benzene rings is 1. The first kappa shape index (κ1) is 15.5. The molecule has 0 atom stereocenters. The third kappa shape index (κ3) is 4.99. The Labute approximate surface area is 119 Å². The van der Waals surface area contributed by atoms with Crippen LogP contribution in [0.25, 0.3) is 0 Å². The lowest BCUT2D eigenvalue weighted by atomic mass is 9.86. The molecule has 3 heteroatoms. The van der Waals surface area contributed by atoms with E-state index in [9.17, 15) is 0 Å². The summed E-state index contributed by atoms with van der Waals surface area (Å²) in [4.78, 5) is 0. The minimum atomic E-state index is 0.333. The normalized spacial score (nSPS) is 11.6. The fraction of sp³-hybridized carbons (Fsp3) is 0.600. The summed E-state index contributed by atoms with van der Waals surface area (Å²) in [6, 6.07) is 6.37. The molecule has 0 radical (unpaired) electrons. The minimum absolute atomic E-state index is 0.333. The molecule has 1 aromatic rings. The van der Waals surface area contributed by atoms with Gasteiger partial charge in [-0.05, 0) is 72.4 Å². The molecule has 0 bridgehead atoms. The standard InChI is InChI=1S/C15H24BrNO/c1-5-18-14-7-6-12(10-13(14)16)8-9-15(2,3)11-17-4/h6-7,10,17H,5,8-9,11H2,1-4H3. The highest BCUT2D eigenvalue weighted by atomic mass is 79.9. The zero-order chi connectivity index (χ0) is 13.6. The topological polar surface area (TPSA) is 21.3 Å². The number of rotatable bonds is 7. The van der Waals surface area contributed by atoms with Gasteiger partial charge < -0.3 is 10.1 Å². The fourth-order valence-electron chi connectivity index (χ4n) is 2.02. The Bertz CT molecular complexity index is 377. The van der Waals surface area contributed by atoms with Gasteiger partial charge in [-0.25, -0.2) is 0 Å². The molecule has 1 rings (SSSR count). The van der Waals surface area contributed by atoms with Crippen LogP contribution in [0.1, 0.15) is 32.8 Å². The number of nitrogens with one attached hydrogen (secondary N) is 1. The highest BCUT2D eigenvalue weighted by Crippen LogP contribution is 2.28. The molecule has 1 aromatic carbocycles. The van der Waals surface area contributed by atoms with Crippen molar-refractivity contribution < 1.29 is 4.74 Å². The molecule has 0 unspecified atom stereocenters. The highest BCUT2D eigenvalue weighted by molar-refractivity contribution is 9.10. The summed E-state index contributed by atoms with van der Waals surface area (Å²) in [5.41, 5.74) is 1.69. The molecule has 0 aliphatic rings. The summed E-state index contributed by atoms with van der Waals surface area (Å²) in [6.07, 6.45) is 2.27. The Morgan fingerprint density at radius 3 is 2.61 bits per heavy atom. The van der Waals surface area contributed by atoms with Crippen molar-refractivity contribution >= 4 is 15.9 Å². The zero-order valence-corrected chi connectivity index (χ0v) is 13.4. The summed E-state index contributed by atoms with van der Waals surface area (Å²) in [5.74, 6) is 0.927. The number of hydrogen-bond acceptors (Lipinski definition) is 2. The lowest BCUT2D eigenvalue weighted by Gasteiger charge is -2.24. The van der Waals surface area contributed by atoms with E-state index in [0.717, 1.165) is 23.2 Å². The highest BCUT2D eigenvalue weighted by Gasteiger charge is 2.16. The molecule has 0 saturated carbocycles. The quantitative estimate of drug-likeness (QED) is 0.820. The molecule has 0 heterocycles. The van der Waals surface area contributed by atoms with Gasteiger partial charge in [0.15, 0.2) is 0 Å². The predicted octanol–water partition coefficient (Wildman–Crippen LogP) is 4.03. The van der Waals surface area contributed by atoms with Crippen molar-refractivity contribution in [2.75, 3.05) is 20.2 Å². The van der Waals surface area contributed by atoms with Crippen molar-refractivity contribution in [1.29, 1.82) is 0 Å². The Morgan fingerprint density at radius 1 is 1.33 bits per heavy atom. The van der Waals surface area contributed by atoms with Crippen LogP contribution in [0.15, 0.2) is 22.7 Å². The maximum atomic E-state index is 5.52. The van der Waals surface area contributed by atoms with E-state index in [1.54, 1.807) is 0 Å². The van der Waals surface area contributed by atoms with E-state index < -0.39 is 0 Å². The van der Waals surface area contributed by atoms with Crippen molar-refractivity contribution in [3.8, 4) is 5.75 Å². The van der Waals surface area contributed by atoms with Crippen LogP contribution >= 0.6 is 15.9 Å². The molecule has 102 valence electrons. The molecular formula is C15H24BrNO. The predicted molar refractivity (Wildman–Crippen MR) is 81.3 cm³/mol. The molecule has 18 heavy (non-hydrogen) atoms. The maximum absolute atomic E-state index is 5.52. The second kappa shape index (κ2) is 7.15. The molecule has 0 aliphatic carbocycles. The van der Waals surface area contributed by atoms with Crippen molar-refractivity contribution in [2.45, 2.75) is 33.6 Å². The first-order valence-electron chi connectivity index (χ1n) is 6.54. The average molecular weight is 314 g/mol. The van der Waals surface area contributed by atoms with E-state index in [0.29, 0.717) is 12.0 Å². The SMILES string of the molecule is CCOc1ccc(CCC(C)(C)CNC)cc1Br. The van der Waals surface area contributed by atoms with Crippen LogP contribution in [-0.4, -0.2) is 20.2 Å². The van der Waals surface area contributed by atoms with Crippen molar-refractivity contribution in [3.05, 3.63) is 28.2 Å². The fourth-order valence-corrected chi connectivity index (χ4v) is 2.56. The van der Waals surface area contributed by atoms with Crippen LogP contribution in [0.5, 0.6) is 5.75 Å². The van der Waals surface area contributed by atoms with Crippen LogP contribution < -0.4 is 10.1 Å². The zero-order valence-electron chi connectivity index (χ0n) is 11.8. The van der Waals surface area contributed by atoms with E-state index in [1.165, 1.54) is 12.0 Å².